The van der Waals surface area contributed by atoms with Crippen molar-refractivity contribution in [3.63, 3.8) is 0 Å². The van der Waals surface area contributed by atoms with Crippen molar-refractivity contribution in [2.24, 2.45) is 4.99 Å². The highest BCUT2D eigenvalue weighted by Gasteiger charge is 2.20. The van der Waals surface area contributed by atoms with E-state index in [4.69, 9.17) is 0 Å². The number of thioether (sulfide) groups is 1. The number of aliphatic imine (C=N–C) groups is 1. The molecule has 1 heterocycles. The van der Waals surface area contributed by atoms with Crippen LogP contribution in [0.1, 0.15) is 25.3 Å². The fourth-order valence-electron chi connectivity index (χ4n) is 1.59. The van der Waals surface area contributed by atoms with Gasteiger partial charge in [0, 0.05) is 11.3 Å². The van der Waals surface area contributed by atoms with Crippen LogP contribution in [0.2, 0.25) is 0 Å². The van der Waals surface area contributed by atoms with Gasteiger partial charge in [-0.05, 0) is 18.6 Å². The number of hydrogen-bond acceptors (Lipinski definition) is 4. The Hall–Kier alpha value is -1.75. The summed E-state index contributed by atoms with van der Waals surface area (Å²) in [6.07, 6.45) is 3.81. The third kappa shape index (κ3) is 3.61. The number of nitrogens with zero attached hydrogens (tertiary/aromatic N) is 1. The zero-order valence-electron chi connectivity index (χ0n) is 10.7. The number of nitrogens with one attached hydrogen (secondary N) is 1. The Bertz CT molecular complexity index is 538. The molecule has 2 rings (SSSR count). The molecule has 0 fully saturated rings. The smallest absolute Gasteiger partial charge is 0.275 e. The van der Waals surface area contributed by atoms with Crippen LogP contribution in [0.5, 0.6) is 5.75 Å². The van der Waals surface area contributed by atoms with E-state index in [1.165, 1.54) is 0 Å². The lowest BCUT2D eigenvalue weighted by molar-refractivity contribution is -0.115. The maximum Gasteiger partial charge on any atom is 0.275 e. The van der Waals surface area contributed by atoms with Crippen LogP contribution in [0, 0.1) is 0 Å². The molecule has 1 aliphatic heterocycles. The normalized spacial score (nSPS) is 16.6. The highest BCUT2D eigenvalue weighted by Crippen LogP contribution is 2.22. The van der Waals surface area contributed by atoms with Crippen molar-refractivity contribution < 1.29 is 9.90 Å². The van der Waals surface area contributed by atoms with Crippen molar-refractivity contribution in [1.29, 1.82) is 0 Å². The van der Waals surface area contributed by atoms with Gasteiger partial charge in [0.05, 0.1) is 0 Å². The first-order valence-electron chi connectivity index (χ1n) is 6.23. The van der Waals surface area contributed by atoms with Crippen LogP contribution in [0.3, 0.4) is 0 Å². The molecule has 19 heavy (non-hydrogen) atoms. The van der Waals surface area contributed by atoms with Crippen LogP contribution < -0.4 is 5.32 Å². The van der Waals surface area contributed by atoms with E-state index in [9.17, 15) is 9.90 Å². The number of unbranched alkanes of at least 4 members (excludes halogenated alkanes) is 1. The second-order valence-corrected chi connectivity index (χ2v) is 5.25. The summed E-state index contributed by atoms with van der Waals surface area (Å²) in [7, 11) is 0. The van der Waals surface area contributed by atoms with E-state index in [1.807, 2.05) is 0 Å². The Morgan fingerprint density at radius 1 is 1.42 bits per heavy atom. The van der Waals surface area contributed by atoms with E-state index in [2.05, 4.69) is 17.2 Å². The molecule has 1 aromatic rings. The lowest BCUT2D eigenvalue weighted by Crippen LogP contribution is -2.21. The Kier molecular flexibility index (Phi) is 4.63. The van der Waals surface area contributed by atoms with E-state index in [0.717, 1.165) is 18.6 Å². The molecule has 0 radical (unpaired) electrons. The van der Waals surface area contributed by atoms with Crippen molar-refractivity contribution in [3.8, 4) is 5.75 Å². The predicted molar refractivity (Wildman–Crippen MR) is 79.0 cm³/mol. The molecule has 5 heteroatoms. The average molecular weight is 276 g/mol. The molecule has 2 N–H and O–H groups in total. The lowest BCUT2D eigenvalue weighted by Gasteiger charge is -1.98. The number of para-hydroxylation sites is 1. The minimum Gasteiger partial charge on any atom is -0.507 e. The summed E-state index contributed by atoms with van der Waals surface area (Å²) in [4.78, 5) is 16.0. The molecule has 0 unspecified atom stereocenters. The Morgan fingerprint density at radius 3 is 2.95 bits per heavy atom. The first kappa shape index (κ1) is 13.7. The summed E-state index contributed by atoms with van der Waals surface area (Å²) in [5, 5.41) is 13.0. The maximum atomic E-state index is 11.7. The van der Waals surface area contributed by atoms with E-state index >= 15 is 0 Å². The number of benzene rings is 1. The van der Waals surface area contributed by atoms with E-state index in [-0.39, 0.29) is 11.7 Å². The van der Waals surface area contributed by atoms with Crippen LogP contribution >= 0.6 is 11.8 Å². The summed E-state index contributed by atoms with van der Waals surface area (Å²) in [5.74, 6) is 0.867. The summed E-state index contributed by atoms with van der Waals surface area (Å²) < 4.78 is 0. The molecular formula is C14H16N2O2S. The van der Waals surface area contributed by atoms with Crippen molar-refractivity contribution >= 4 is 28.9 Å². The zero-order chi connectivity index (χ0) is 13.7. The quantitative estimate of drug-likeness (QED) is 0.656. The van der Waals surface area contributed by atoms with Gasteiger partial charge < -0.3 is 5.11 Å². The summed E-state index contributed by atoms with van der Waals surface area (Å²) in [5.41, 5.74) is 0.928. The number of rotatable bonds is 4. The molecule has 100 valence electrons. The van der Waals surface area contributed by atoms with Crippen molar-refractivity contribution in [3.05, 3.63) is 35.5 Å². The number of phenolic OH excluding ortho intramolecular Hbond substituents is 1. The van der Waals surface area contributed by atoms with E-state index < -0.39 is 0 Å². The molecule has 1 aliphatic rings. The second kappa shape index (κ2) is 6.43. The van der Waals surface area contributed by atoms with Crippen LogP contribution in [0.25, 0.3) is 6.08 Å². The van der Waals surface area contributed by atoms with Crippen molar-refractivity contribution in [2.75, 3.05) is 5.75 Å². The second-order valence-electron chi connectivity index (χ2n) is 4.16. The third-order valence-corrected chi connectivity index (χ3v) is 3.60. The minimum atomic E-state index is -0.220. The van der Waals surface area contributed by atoms with Gasteiger partial charge in [-0.15, -0.1) is 0 Å². The van der Waals surface area contributed by atoms with Crippen molar-refractivity contribution in [2.45, 2.75) is 19.8 Å². The van der Waals surface area contributed by atoms with Crippen LogP contribution in [-0.2, 0) is 4.79 Å². The van der Waals surface area contributed by atoms with E-state index in [0.29, 0.717) is 16.4 Å². The molecule has 0 bridgehead atoms. The minimum absolute atomic E-state index is 0.144. The van der Waals surface area contributed by atoms with Gasteiger partial charge >= 0.3 is 0 Å². The van der Waals surface area contributed by atoms with Crippen molar-refractivity contribution in [1.82, 2.24) is 5.32 Å². The highest BCUT2D eigenvalue weighted by atomic mass is 32.2. The highest BCUT2D eigenvalue weighted by molar-refractivity contribution is 8.13. The standard InChI is InChI=1S/C14H16N2O2S/c1-2-3-8-19-14-15-11(13(18)16-14)9-10-6-4-5-7-12(10)17/h4-7,9,17H,2-3,8H2,1H3,(H,15,16,18). The van der Waals surface area contributed by atoms with Gasteiger partial charge in [-0.2, -0.15) is 0 Å². The van der Waals surface area contributed by atoms with Gasteiger partial charge in [-0.25, -0.2) is 4.99 Å². The molecule has 1 aromatic carbocycles. The predicted octanol–water partition coefficient (Wildman–Crippen LogP) is 2.75. The monoisotopic (exact) mass is 276 g/mol. The number of amides is 1. The van der Waals surface area contributed by atoms with Gasteiger partial charge in [0.1, 0.15) is 11.4 Å². The van der Waals surface area contributed by atoms with Gasteiger partial charge in [-0.1, -0.05) is 43.3 Å². The number of aromatic hydroxyl groups is 1. The van der Waals surface area contributed by atoms with Gasteiger partial charge in [0.15, 0.2) is 5.17 Å². The molecule has 0 saturated heterocycles. The first-order chi connectivity index (χ1) is 9.20. The Labute approximate surface area is 116 Å². The van der Waals surface area contributed by atoms with Gasteiger partial charge in [-0.3, -0.25) is 10.1 Å². The maximum absolute atomic E-state index is 11.7. The van der Waals surface area contributed by atoms with Crippen LogP contribution in [-0.4, -0.2) is 21.9 Å². The van der Waals surface area contributed by atoms with E-state index in [1.54, 1.807) is 42.1 Å². The average Bonchev–Trinajstić information content (AvgIpc) is 2.73. The number of carbonyl (C=O) groups is 1. The molecule has 0 aromatic heterocycles. The molecule has 1 amide bonds. The largest absolute Gasteiger partial charge is 0.507 e. The molecule has 0 atom stereocenters. The molecule has 0 aliphatic carbocycles. The van der Waals surface area contributed by atoms with Gasteiger partial charge in [0.25, 0.3) is 5.91 Å². The lowest BCUT2D eigenvalue weighted by atomic mass is 10.1. The van der Waals surface area contributed by atoms with Gasteiger partial charge in [0.2, 0.25) is 0 Å². The molecule has 0 saturated carbocycles. The topological polar surface area (TPSA) is 61.7 Å². The molecule has 4 nitrogen and oxygen atoms in total. The fourth-order valence-corrected chi connectivity index (χ4v) is 2.54. The van der Waals surface area contributed by atoms with Crippen LogP contribution in [0.15, 0.2) is 35.0 Å². The number of amidine groups is 1. The first-order valence-corrected chi connectivity index (χ1v) is 7.22. The molecular weight excluding hydrogens is 260 g/mol. The number of phenols is 1. The number of carbonyl (C=O) groups excluding carboxylic acids is 1. The Morgan fingerprint density at radius 2 is 2.21 bits per heavy atom. The fraction of sp³-hybridized carbons (Fsp3) is 0.286. The summed E-state index contributed by atoms with van der Waals surface area (Å²) in [6, 6.07) is 6.87. The zero-order valence-corrected chi connectivity index (χ0v) is 11.5. The Balaban J connectivity index is 2.12. The van der Waals surface area contributed by atoms with Crippen LogP contribution in [0.4, 0.5) is 0 Å². The SMILES string of the molecule is CCCCSC1=NC(=Cc2ccccc2O)C(=O)N1. The summed E-state index contributed by atoms with van der Waals surface area (Å²) >= 11 is 1.55. The summed E-state index contributed by atoms with van der Waals surface area (Å²) in [6.45, 7) is 2.12. The third-order valence-electron chi connectivity index (χ3n) is 2.64. The molecule has 0 spiro atoms. The number of hydrogen-bond donors (Lipinski definition) is 2.